The second-order valence-electron chi connectivity index (χ2n) is 8.37. The summed E-state index contributed by atoms with van der Waals surface area (Å²) in [5, 5.41) is 3.39. The van der Waals surface area contributed by atoms with Crippen LogP contribution < -0.4 is 11.1 Å². The molecule has 2 saturated heterocycles. The van der Waals surface area contributed by atoms with Crippen LogP contribution in [0, 0.1) is 12.5 Å². The van der Waals surface area contributed by atoms with Crippen molar-refractivity contribution in [2.75, 3.05) is 37.2 Å². The minimum absolute atomic E-state index is 0.118. The standard InChI is InChI=1S/C23H29N7O/c1-25-20-3-2-9-27-22(20)28-19-7-13-30(14-8-19)23(31)18-5-11-29(12-6-18)16-17-4-10-26-21(24)15-17/h2-4,9-10,15,18-19H,5-8,11-14,16H2,(H2,24,26)(H,27,28). The zero-order valence-electron chi connectivity index (χ0n) is 17.7. The summed E-state index contributed by atoms with van der Waals surface area (Å²) >= 11 is 0. The molecule has 31 heavy (non-hydrogen) atoms. The van der Waals surface area contributed by atoms with Crippen molar-refractivity contribution in [1.82, 2.24) is 19.8 Å². The van der Waals surface area contributed by atoms with Crippen LogP contribution in [-0.4, -0.2) is 57.9 Å². The number of pyridine rings is 2. The molecule has 0 unspecified atom stereocenters. The van der Waals surface area contributed by atoms with Crippen molar-refractivity contribution in [1.29, 1.82) is 0 Å². The summed E-state index contributed by atoms with van der Waals surface area (Å²) in [6.45, 7) is 11.5. The van der Waals surface area contributed by atoms with Gasteiger partial charge in [0.25, 0.3) is 0 Å². The van der Waals surface area contributed by atoms with E-state index in [2.05, 4.69) is 25.0 Å². The van der Waals surface area contributed by atoms with Crippen LogP contribution in [0.3, 0.4) is 0 Å². The lowest BCUT2D eigenvalue weighted by atomic mass is 9.93. The van der Waals surface area contributed by atoms with Crippen LogP contribution in [0.2, 0.25) is 0 Å². The molecule has 2 fully saturated rings. The summed E-state index contributed by atoms with van der Waals surface area (Å²) in [6, 6.07) is 7.71. The fourth-order valence-corrected chi connectivity index (χ4v) is 4.48. The first-order valence-electron chi connectivity index (χ1n) is 10.9. The largest absolute Gasteiger partial charge is 0.384 e. The molecule has 1 amide bonds. The van der Waals surface area contributed by atoms with Gasteiger partial charge in [0.15, 0.2) is 0 Å². The van der Waals surface area contributed by atoms with Gasteiger partial charge in [-0.25, -0.2) is 9.83 Å². The number of nitrogens with zero attached hydrogens (tertiary/aromatic N) is 5. The summed E-state index contributed by atoms with van der Waals surface area (Å²) in [5.74, 6) is 1.61. The number of piperidine rings is 2. The Balaban J connectivity index is 1.23. The molecule has 0 atom stereocenters. The highest BCUT2D eigenvalue weighted by Crippen LogP contribution is 2.26. The molecule has 0 spiro atoms. The summed E-state index contributed by atoms with van der Waals surface area (Å²) in [4.78, 5) is 29.3. The van der Waals surface area contributed by atoms with E-state index in [4.69, 9.17) is 12.3 Å². The number of nitrogen functional groups attached to an aromatic ring is 1. The molecule has 8 heteroatoms. The van der Waals surface area contributed by atoms with E-state index in [1.165, 1.54) is 5.56 Å². The summed E-state index contributed by atoms with van der Waals surface area (Å²) in [6.07, 6.45) is 7.01. The quantitative estimate of drug-likeness (QED) is 0.724. The molecule has 0 saturated carbocycles. The van der Waals surface area contributed by atoms with E-state index in [0.29, 0.717) is 23.2 Å². The summed E-state index contributed by atoms with van der Waals surface area (Å²) in [7, 11) is 0. The Morgan fingerprint density at radius 2 is 1.90 bits per heavy atom. The van der Waals surface area contributed by atoms with Gasteiger partial charge < -0.3 is 16.0 Å². The lowest BCUT2D eigenvalue weighted by molar-refractivity contribution is -0.138. The van der Waals surface area contributed by atoms with Crippen LogP contribution in [0.25, 0.3) is 4.85 Å². The smallest absolute Gasteiger partial charge is 0.228 e. The highest BCUT2D eigenvalue weighted by Gasteiger charge is 2.31. The normalized spacial score (nSPS) is 18.5. The molecule has 8 nitrogen and oxygen atoms in total. The van der Waals surface area contributed by atoms with Gasteiger partial charge in [-0.05, 0) is 56.5 Å². The van der Waals surface area contributed by atoms with Crippen LogP contribution in [-0.2, 0) is 11.3 Å². The maximum atomic E-state index is 13.0. The predicted molar refractivity (Wildman–Crippen MR) is 120 cm³/mol. The van der Waals surface area contributed by atoms with E-state index < -0.39 is 0 Å². The number of hydrogen-bond acceptors (Lipinski definition) is 6. The topological polar surface area (TPSA) is 91.7 Å². The zero-order chi connectivity index (χ0) is 21.6. The third-order valence-electron chi connectivity index (χ3n) is 6.24. The first-order valence-corrected chi connectivity index (χ1v) is 10.9. The van der Waals surface area contributed by atoms with Crippen molar-refractivity contribution < 1.29 is 4.79 Å². The Hall–Kier alpha value is -3.18. The number of anilines is 2. The van der Waals surface area contributed by atoms with Gasteiger partial charge in [0.1, 0.15) is 11.6 Å². The average Bonchev–Trinajstić information content (AvgIpc) is 2.80. The van der Waals surface area contributed by atoms with Gasteiger partial charge >= 0.3 is 0 Å². The molecule has 2 aromatic heterocycles. The van der Waals surface area contributed by atoms with Gasteiger partial charge in [-0.15, -0.1) is 0 Å². The van der Waals surface area contributed by atoms with Gasteiger partial charge in [0.2, 0.25) is 11.6 Å². The van der Waals surface area contributed by atoms with Gasteiger partial charge in [-0.3, -0.25) is 14.7 Å². The number of amides is 1. The van der Waals surface area contributed by atoms with Gasteiger partial charge in [0.05, 0.1) is 6.57 Å². The Morgan fingerprint density at radius 3 is 2.61 bits per heavy atom. The molecule has 2 aromatic rings. The number of carbonyl (C=O) groups excluding carboxylic acids is 1. The SMILES string of the molecule is [C-]#[N+]c1cccnc1NC1CCN(C(=O)C2CCN(Cc3ccnc(N)c3)CC2)CC1. The van der Waals surface area contributed by atoms with Gasteiger partial charge in [-0.2, -0.15) is 0 Å². The van der Waals surface area contributed by atoms with E-state index in [1.807, 2.05) is 17.0 Å². The second-order valence-corrected chi connectivity index (χ2v) is 8.37. The Kier molecular flexibility index (Phi) is 6.63. The molecule has 4 heterocycles. The number of hydrogen-bond donors (Lipinski definition) is 2. The Bertz CT molecular complexity index is 941. The molecule has 0 radical (unpaired) electrons. The number of likely N-dealkylation sites (tertiary alicyclic amines) is 2. The van der Waals surface area contributed by atoms with E-state index in [1.54, 1.807) is 24.5 Å². The van der Waals surface area contributed by atoms with Gasteiger partial charge in [-0.1, -0.05) is 12.1 Å². The van der Waals surface area contributed by atoms with Crippen molar-refractivity contribution in [3.05, 3.63) is 53.6 Å². The molecule has 0 aliphatic carbocycles. The minimum Gasteiger partial charge on any atom is -0.384 e. The van der Waals surface area contributed by atoms with Crippen molar-refractivity contribution in [3.8, 4) is 0 Å². The first-order chi connectivity index (χ1) is 15.1. The fraction of sp³-hybridized carbons (Fsp3) is 0.478. The summed E-state index contributed by atoms with van der Waals surface area (Å²) in [5.41, 5.74) is 7.49. The van der Waals surface area contributed by atoms with Crippen LogP contribution >= 0.6 is 0 Å². The van der Waals surface area contributed by atoms with Crippen molar-refractivity contribution in [3.63, 3.8) is 0 Å². The maximum absolute atomic E-state index is 13.0. The third-order valence-corrected chi connectivity index (χ3v) is 6.24. The van der Waals surface area contributed by atoms with Crippen molar-refractivity contribution in [2.45, 2.75) is 38.3 Å². The summed E-state index contributed by atoms with van der Waals surface area (Å²) < 4.78 is 0. The molecular weight excluding hydrogens is 390 g/mol. The lowest BCUT2D eigenvalue weighted by Gasteiger charge is -2.37. The molecule has 162 valence electrons. The van der Waals surface area contributed by atoms with E-state index in [9.17, 15) is 4.79 Å². The number of carbonyl (C=O) groups is 1. The first kappa shape index (κ1) is 21.1. The second kappa shape index (κ2) is 9.75. The lowest BCUT2D eigenvalue weighted by Crippen LogP contribution is -2.47. The number of nitrogens with one attached hydrogen (secondary N) is 1. The monoisotopic (exact) mass is 419 g/mol. The van der Waals surface area contributed by atoms with Crippen molar-refractivity contribution >= 4 is 23.2 Å². The zero-order valence-corrected chi connectivity index (χ0v) is 17.7. The van der Waals surface area contributed by atoms with Crippen LogP contribution in [0.15, 0.2) is 36.7 Å². The van der Waals surface area contributed by atoms with Crippen molar-refractivity contribution in [2.24, 2.45) is 5.92 Å². The molecule has 0 bridgehead atoms. The highest BCUT2D eigenvalue weighted by molar-refractivity contribution is 5.79. The maximum Gasteiger partial charge on any atom is 0.228 e. The van der Waals surface area contributed by atoms with E-state index >= 15 is 0 Å². The Morgan fingerprint density at radius 1 is 1.13 bits per heavy atom. The Labute approximate surface area is 183 Å². The third kappa shape index (κ3) is 5.30. The molecular formula is C23H29N7O. The highest BCUT2D eigenvalue weighted by atomic mass is 16.2. The van der Waals surface area contributed by atoms with E-state index in [0.717, 1.165) is 58.4 Å². The number of rotatable bonds is 5. The van der Waals surface area contributed by atoms with E-state index in [-0.39, 0.29) is 12.0 Å². The van der Waals surface area contributed by atoms with Gasteiger partial charge in [0, 0.05) is 44.0 Å². The molecule has 2 aliphatic heterocycles. The van der Waals surface area contributed by atoms with Crippen LogP contribution in [0.4, 0.5) is 17.3 Å². The van der Waals surface area contributed by atoms with Crippen LogP contribution in [0.1, 0.15) is 31.2 Å². The number of nitrogens with two attached hydrogens (primary N) is 1. The predicted octanol–water partition coefficient (Wildman–Crippen LogP) is 2.92. The average molecular weight is 420 g/mol. The van der Waals surface area contributed by atoms with Crippen LogP contribution in [0.5, 0.6) is 0 Å². The molecule has 4 rings (SSSR count). The molecule has 0 aromatic carbocycles. The fourth-order valence-electron chi connectivity index (χ4n) is 4.48. The molecule has 2 aliphatic rings. The minimum atomic E-state index is 0.118. The number of aromatic nitrogens is 2. The molecule has 3 N–H and O–H groups in total.